The smallest absolute Gasteiger partial charge is 0.119 e. The third-order valence-corrected chi connectivity index (χ3v) is 2.98. The molecule has 0 unspecified atom stereocenters. The number of benzene rings is 2. The average molecular weight is 268 g/mol. The van der Waals surface area contributed by atoms with Crippen molar-refractivity contribution >= 4 is 23.2 Å². The molecular formula is C14H18ClNO2. The predicted octanol–water partition coefficient (Wildman–Crippen LogP) is 2.65. The summed E-state index contributed by atoms with van der Waals surface area (Å²) in [5.41, 5.74) is 6.85. The average Bonchev–Trinajstić information content (AvgIpc) is 2.36. The Bertz CT molecular complexity index is 528. The summed E-state index contributed by atoms with van der Waals surface area (Å²) in [6, 6.07) is 11.5. The Labute approximate surface area is 113 Å². The molecule has 0 heterocycles. The van der Waals surface area contributed by atoms with Gasteiger partial charge in [-0.15, -0.1) is 12.4 Å². The number of hydrogen-bond donors (Lipinski definition) is 2. The van der Waals surface area contributed by atoms with E-state index >= 15 is 0 Å². The second-order valence-electron chi connectivity index (χ2n) is 4.24. The number of methoxy groups -OCH3 is 1. The van der Waals surface area contributed by atoms with Crippen LogP contribution in [0.25, 0.3) is 10.8 Å². The lowest BCUT2D eigenvalue weighted by molar-refractivity contribution is 0.164. The van der Waals surface area contributed by atoms with Gasteiger partial charge in [-0.25, -0.2) is 0 Å². The molecule has 3 nitrogen and oxygen atoms in total. The summed E-state index contributed by atoms with van der Waals surface area (Å²) in [6.07, 6.45) is -0.550. The minimum absolute atomic E-state index is 0. The monoisotopic (exact) mass is 267 g/mol. The number of rotatable bonds is 3. The molecule has 0 saturated heterocycles. The highest BCUT2D eigenvalue weighted by Gasteiger charge is 2.12. The number of hydrogen-bond acceptors (Lipinski definition) is 3. The van der Waals surface area contributed by atoms with Gasteiger partial charge in [-0.3, -0.25) is 0 Å². The number of aliphatic hydroxyl groups is 1. The SMILES string of the molecule is COc1ccc2cc([C@@H](N)[C@H](C)O)ccc2c1.Cl. The number of fused-ring (bicyclic) bond motifs is 1. The first-order chi connectivity index (χ1) is 8.11. The van der Waals surface area contributed by atoms with E-state index in [2.05, 4.69) is 0 Å². The van der Waals surface area contributed by atoms with Crippen molar-refractivity contribution in [1.82, 2.24) is 0 Å². The fourth-order valence-corrected chi connectivity index (χ4v) is 1.86. The van der Waals surface area contributed by atoms with Crippen molar-refractivity contribution in [3.63, 3.8) is 0 Å². The van der Waals surface area contributed by atoms with Gasteiger partial charge in [0, 0.05) is 0 Å². The van der Waals surface area contributed by atoms with Crippen molar-refractivity contribution in [2.75, 3.05) is 7.11 Å². The zero-order valence-electron chi connectivity index (χ0n) is 10.5. The molecule has 0 aromatic heterocycles. The first-order valence-corrected chi connectivity index (χ1v) is 5.63. The van der Waals surface area contributed by atoms with Crippen LogP contribution in [0.3, 0.4) is 0 Å². The molecule has 98 valence electrons. The topological polar surface area (TPSA) is 55.5 Å². The van der Waals surface area contributed by atoms with Crippen molar-refractivity contribution in [1.29, 1.82) is 0 Å². The molecule has 0 fully saturated rings. The van der Waals surface area contributed by atoms with Gasteiger partial charge in [-0.05, 0) is 41.5 Å². The molecule has 0 saturated carbocycles. The maximum atomic E-state index is 9.48. The second-order valence-corrected chi connectivity index (χ2v) is 4.24. The van der Waals surface area contributed by atoms with Crippen molar-refractivity contribution in [3.8, 4) is 5.75 Å². The van der Waals surface area contributed by atoms with E-state index < -0.39 is 6.10 Å². The largest absolute Gasteiger partial charge is 0.497 e. The van der Waals surface area contributed by atoms with Crippen molar-refractivity contribution in [2.24, 2.45) is 5.73 Å². The van der Waals surface area contributed by atoms with Gasteiger partial charge in [0.1, 0.15) is 5.75 Å². The third-order valence-electron chi connectivity index (χ3n) is 2.98. The number of nitrogens with two attached hydrogens (primary N) is 1. The normalized spacial score (nSPS) is 13.8. The standard InChI is InChI=1S/C14H17NO2.ClH/c1-9(16)14(15)12-4-3-11-8-13(17-2)6-5-10(11)7-12;/h3-9,14,16H,15H2,1-2H3;1H/t9-,14-;/m0./s1. The fourth-order valence-electron chi connectivity index (χ4n) is 1.86. The highest BCUT2D eigenvalue weighted by atomic mass is 35.5. The fraction of sp³-hybridized carbons (Fsp3) is 0.286. The van der Waals surface area contributed by atoms with Crippen LogP contribution in [0.5, 0.6) is 5.75 Å². The van der Waals surface area contributed by atoms with Gasteiger partial charge in [0.15, 0.2) is 0 Å². The van der Waals surface area contributed by atoms with Crippen molar-refractivity contribution in [3.05, 3.63) is 42.0 Å². The van der Waals surface area contributed by atoms with Gasteiger partial charge in [0.05, 0.1) is 19.3 Å². The predicted molar refractivity (Wildman–Crippen MR) is 76.4 cm³/mol. The van der Waals surface area contributed by atoms with Gasteiger partial charge in [0.25, 0.3) is 0 Å². The molecule has 2 aromatic carbocycles. The minimum Gasteiger partial charge on any atom is -0.497 e. The van der Waals surface area contributed by atoms with Crippen LogP contribution in [0.1, 0.15) is 18.5 Å². The first-order valence-electron chi connectivity index (χ1n) is 5.63. The molecule has 2 aromatic rings. The Kier molecular flexibility index (Phi) is 4.96. The third kappa shape index (κ3) is 2.93. The van der Waals surface area contributed by atoms with E-state index in [0.29, 0.717) is 0 Å². The maximum absolute atomic E-state index is 9.48. The van der Waals surface area contributed by atoms with Crippen LogP contribution in [-0.4, -0.2) is 18.3 Å². The van der Waals surface area contributed by atoms with Crippen LogP contribution >= 0.6 is 12.4 Å². The van der Waals surface area contributed by atoms with Gasteiger partial charge in [-0.2, -0.15) is 0 Å². The van der Waals surface area contributed by atoms with Crippen LogP contribution in [0, 0.1) is 0 Å². The van der Waals surface area contributed by atoms with Crippen LogP contribution in [0.2, 0.25) is 0 Å². The molecule has 0 amide bonds. The van der Waals surface area contributed by atoms with Gasteiger partial charge in [0.2, 0.25) is 0 Å². The van der Waals surface area contributed by atoms with E-state index in [1.54, 1.807) is 14.0 Å². The van der Waals surface area contributed by atoms with Crippen molar-refractivity contribution < 1.29 is 9.84 Å². The summed E-state index contributed by atoms with van der Waals surface area (Å²) in [6.45, 7) is 1.70. The van der Waals surface area contributed by atoms with E-state index in [1.807, 2.05) is 36.4 Å². The van der Waals surface area contributed by atoms with Crippen LogP contribution < -0.4 is 10.5 Å². The highest BCUT2D eigenvalue weighted by molar-refractivity contribution is 5.85. The second kappa shape index (κ2) is 6.05. The Morgan fingerprint density at radius 1 is 1.11 bits per heavy atom. The maximum Gasteiger partial charge on any atom is 0.119 e. The van der Waals surface area contributed by atoms with Crippen molar-refractivity contribution in [2.45, 2.75) is 19.1 Å². The van der Waals surface area contributed by atoms with Crippen LogP contribution in [0.15, 0.2) is 36.4 Å². The van der Waals surface area contributed by atoms with Crippen LogP contribution in [-0.2, 0) is 0 Å². The zero-order valence-corrected chi connectivity index (χ0v) is 11.3. The Morgan fingerprint density at radius 3 is 2.33 bits per heavy atom. The lowest BCUT2D eigenvalue weighted by atomic mass is 9.99. The Morgan fingerprint density at radius 2 is 1.72 bits per heavy atom. The number of halogens is 1. The summed E-state index contributed by atoms with van der Waals surface area (Å²) in [4.78, 5) is 0. The van der Waals surface area contributed by atoms with E-state index in [0.717, 1.165) is 22.1 Å². The van der Waals surface area contributed by atoms with E-state index in [1.165, 1.54) is 0 Å². The zero-order chi connectivity index (χ0) is 12.4. The van der Waals surface area contributed by atoms with Gasteiger partial charge >= 0.3 is 0 Å². The van der Waals surface area contributed by atoms with E-state index in [-0.39, 0.29) is 18.4 Å². The minimum atomic E-state index is -0.550. The number of ether oxygens (including phenoxy) is 1. The molecule has 2 atom stereocenters. The van der Waals surface area contributed by atoms with E-state index in [4.69, 9.17) is 10.5 Å². The summed E-state index contributed by atoms with van der Waals surface area (Å²) in [7, 11) is 1.65. The molecule has 0 aliphatic rings. The molecule has 2 rings (SSSR count). The van der Waals surface area contributed by atoms with Crippen LogP contribution in [0.4, 0.5) is 0 Å². The molecule has 4 heteroatoms. The van der Waals surface area contributed by atoms with Gasteiger partial charge < -0.3 is 15.6 Å². The lowest BCUT2D eigenvalue weighted by Gasteiger charge is -2.15. The molecule has 0 bridgehead atoms. The molecule has 0 radical (unpaired) electrons. The van der Waals surface area contributed by atoms with E-state index in [9.17, 15) is 5.11 Å². The quantitative estimate of drug-likeness (QED) is 0.899. The summed E-state index contributed by atoms with van der Waals surface area (Å²) in [5, 5.41) is 11.7. The Balaban J connectivity index is 0.00000162. The molecule has 0 spiro atoms. The summed E-state index contributed by atoms with van der Waals surface area (Å²) in [5.74, 6) is 0.838. The lowest BCUT2D eigenvalue weighted by Crippen LogP contribution is -2.22. The molecule has 18 heavy (non-hydrogen) atoms. The molecule has 0 aliphatic carbocycles. The van der Waals surface area contributed by atoms with Gasteiger partial charge in [-0.1, -0.05) is 18.2 Å². The molecule has 0 aliphatic heterocycles. The highest BCUT2D eigenvalue weighted by Crippen LogP contribution is 2.24. The Hall–Kier alpha value is -1.29. The molecular weight excluding hydrogens is 250 g/mol. The summed E-state index contributed by atoms with van der Waals surface area (Å²) < 4.78 is 5.17. The summed E-state index contributed by atoms with van der Waals surface area (Å²) >= 11 is 0. The number of aliphatic hydroxyl groups excluding tert-OH is 1. The molecule has 3 N–H and O–H groups in total. The first kappa shape index (κ1) is 14.8.